The molecule has 4 rings (SSSR count). The maximum absolute atomic E-state index is 12.9. The fourth-order valence-corrected chi connectivity index (χ4v) is 3.73. The number of benzene rings is 1. The molecule has 0 aliphatic rings. The van der Waals surface area contributed by atoms with Crippen molar-refractivity contribution in [3.63, 3.8) is 0 Å². The Bertz CT molecular complexity index is 1200. The molecule has 1 amide bonds. The number of hydrogen-bond acceptors (Lipinski definition) is 7. The summed E-state index contributed by atoms with van der Waals surface area (Å²) in [6.07, 6.45) is 2.26. The number of nitrogens with zero attached hydrogens (tertiary/aromatic N) is 4. The number of ether oxygens (including phenoxy) is 1. The van der Waals surface area contributed by atoms with Crippen molar-refractivity contribution in [1.82, 2.24) is 19.6 Å². The Morgan fingerprint density at radius 2 is 2.07 bits per heavy atom. The minimum Gasteiger partial charge on any atom is -0.493 e. The van der Waals surface area contributed by atoms with E-state index in [4.69, 9.17) is 9.84 Å². The van der Waals surface area contributed by atoms with Gasteiger partial charge in [-0.15, -0.1) is 11.3 Å². The van der Waals surface area contributed by atoms with Crippen molar-refractivity contribution in [2.75, 3.05) is 18.5 Å². The molecule has 0 unspecified atom stereocenters. The third-order valence-corrected chi connectivity index (χ3v) is 5.26. The van der Waals surface area contributed by atoms with Crippen LogP contribution in [0, 0.1) is 13.8 Å². The van der Waals surface area contributed by atoms with Gasteiger partial charge in [0, 0.05) is 29.7 Å². The topological polar surface area (TPSA) is 102 Å². The van der Waals surface area contributed by atoms with Gasteiger partial charge in [0.2, 0.25) is 0 Å². The molecule has 2 N–H and O–H groups in total. The van der Waals surface area contributed by atoms with Gasteiger partial charge in [0.15, 0.2) is 16.5 Å². The first kappa shape index (κ1) is 20.0. The predicted octanol–water partition coefficient (Wildman–Crippen LogP) is 3.48. The summed E-state index contributed by atoms with van der Waals surface area (Å²) < 4.78 is 7.34. The van der Waals surface area contributed by atoms with E-state index >= 15 is 0 Å². The van der Waals surface area contributed by atoms with Gasteiger partial charge in [-0.3, -0.25) is 10.1 Å². The lowest BCUT2D eigenvalue weighted by molar-refractivity contribution is 0.101. The second-order valence-electron chi connectivity index (χ2n) is 6.69. The van der Waals surface area contributed by atoms with Gasteiger partial charge in [-0.1, -0.05) is 12.1 Å². The number of anilines is 1. The molecule has 3 aromatic heterocycles. The molecule has 30 heavy (non-hydrogen) atoms. The van der Waals surface area contributed by atoms with Crippen LogP contribution in [-0.4, -0.2) is 43.8 Å². The third kappa shape index (κ3) is 4.03. The summed E-state index contributed by atoms with van der Waals surface area (Å²) in [5, 5.41) is 17.0. The van der Waals surface area contributed by atoms with Crippen LogP contribution < -0.4 is 10.1 Å². The fraction of sp³-hybridized carbons (Fsp3) is 0.238. The Kier molecular flexibility index (Phi) is 5.73. The molecule has 0 saturated carbocycles. The molecule has 1 aromatic carbocycles. The first-order valence-corrected chi connectivity index (χ1v) is 10.3. The maximum Gasteiger partial charge on any atom is 0.278 e. The molecule has 0 bridgehead atoms. The molecule has 0 saturated heterocycles. The largest absolute Gasteiger partial charge is 0.493 e. The van der Waals surface area contributed by atoms with Gasteiger partial charge in [0.25, 0.3) is 5.91 Å². The Morgan fingerprint density at radius 1 is 1.23 bits per heavy atom. The Labute approximate surface area is 177 Å². The standard InChI is InChI=1S/C21H21N5O3S/c1-13-12-22-21(30-13)24-20(28)19-14(2)23-18-9-8-16(25-26(18)19)15-6-3-4-7-17(15)29-11-5-10-27/h3-4,6-9,12,27H,5,10-11H2,1-2H3,(H,22,24,28). The molecule has 4 aromatic rings. The van der Waals surface area contributed by atoms with Crippen molar-refractivity contribution in [2.24, 2.45) is 0 Å². The summed E-state index contributed by atoms with van der Waals surface area (Å²) in [5.41, 5.74) is 2.97. The average molecular weight is 423 g/mol. The molecule has 8 nitrogen and oxygen atoms in total. The number of fused-ring (bicyclic) bond motifs is 1. The molecule has 9 heteroatoms. The highest BCUT2D eigenvalue weighted by molar-refractivity contribution is 7.15. The Balaban J connectivity index is 1.71. The van der Waals surface area contributed by atoms with E-state index in [9.17, 15) is 4.79 Å². The first-order valence-electron chi connectivity index (χ1n) is 9.50. The molecule has 154 valence electrons. The summed E-state index contributed by atoms with van der Waals surface area (Å²) in [6, 6.07) is 11.2. The van der Waals surface area contributed by atoms with E-state index in [0.29, 0.717) is 46.6 Å². The minimum absolute atomic E-state index is 0.0672. The van der Waals surface area contributed by atoms with E-state index in [1.165, 1.54) is 11.3 Å². The smallest absolute Gasteiger partial charge is 0.278 e. The second-order valence-corrected chi connectivity index (χ2v) is 7.92. The van der Waals surface area contributed by atoms with Crippen LogP contribution in [0.25, 0.3) is 16.9 Å². The molecular weight excluding hydrogens is 402 g/mol. The van der Waals surface area contributed by atoms with Crippen molar-refractivity contribution in [3.8, 4) is 17.0 Å². The van der Waals surface area contributed by atoms with Crippen LogP contribution >= 0.6 is 11.3 Å². The number of carbonyl (C=O) groups is 1. The SMILES string of the molecule is Cc1cnc(NC(=O)c2c(C)nc3ccc(-c4ccccc4OCCCO)nn23)s1. The number of imidazole rings is 1. The molecule has 0 spiro atoms. The van der Waals surface area contributed by atoms with Crippen molar-refractivity contribution in [3.05, 3.63) is 58.9 Å². The number of aliphatic hydroxyl groups excluding tert-OH is 1. The number of aliphatic hydroxyl groups is 1. The highest BCUT2D eigenvalue weighted by Crippen LogP contribution is 2.29. The molecule has 0 atom stereocenters. The van der Waals surface area contributed by atoms with Gasteiger partial charge in [-0.05, 0) is 38.1 Å². The van der Waals surface area contributed by atoms with Crippen LogP contribution in [-0.2, 0) is 0 Å². The molecule has 0 fully saturated rings. The lowest BCUT2D eigenvalue weighted by Crippen LogP contribution is -2.16. The van der Waals surface area contributed by atoms with Gasteiger partial charge < -0.3 is 9.84 Å². The van der Waals surface area contributed by atoms with Crippen molar-refractivity contribution in [2.45, 2.75) is 20.3 Å². The number of nitrogens with one attached hydrogen (secondary N) is 1. The summed E-state index contributed by atoms with van der Waals surface area (Å²) >= 11 is 1.41. The summed E-state index contributed by atoms with van der Waals surface area (Å²) in [7, 11) is 0. The average Bonchev–Trinajstić information content (AvgIpc) is 3.29. The zero-order valence-electron chi connectivity index (χ0n) is 16.6. The molecule has 0 aliphatic heterocycles. The normalized spacial score (nSPS) is 11.0. The summed E-state index contributed by atoms with van der Waals surface area (Å²) in [6.45, 7) is 4.18. The van der Waals surface area contributed by atoms with E-state index in [2.05, 4.69) is 20.4 Å². The molecule has 0 radical (unpaired) electrons. The lowest BCUT2D eigenvalue weighted by atomic mass is 10.1. The van der Waals surface area contributed by atoms with Gasteiger partial charge in [0.05, 0.1) is 18.0 Å². The van der Waals surface area contributed by atoms with Crippen molar-refractivity contribution >= 4 is 28.0 Å². The number of rotatable bonds is 7. The van der Waals surface area contributed by atoms with Gasteiger partial charge in [-0.2, -0.15) is 5.10 Å². The van der Waals surface area contributed by atoms with Crippen LogP contribution in [0.2, 0.25) is 0 Å². The van der Waals surface area contributed by atoms with Crippen LogP contribution in [0.1, 0.15) is 27.5 Å². The van der Waals surface area contributed by atoms with E-state index in [-0.39, 0.29) is 12.5 Å². The number of para-hydroxylation sites is 1. The third-order valence-electron chi connectivity index (χ3n) is 4.43. The first-order chi connectivity index (χ1) is 14.6. The van der Waals surface area contributed by atoms with Crippen LogP contribution in [0.3, 0.4) is 0 Å². The van der Waals surface area contributed by atoms with E-state index in [1.54, 1.807) is 17.6 Å². The molecule has 3 heterocycles. The quantitative estimate of drug-likeness (QED) is 0.441. The van der Waals surface area contributed by atoms with Crippen molar-refractivity contribution < 1.29 is 14.6 Å². The van der Waals surface area contributed by atoms with Gasteiger partial charge in [0.1, 0.15) is 5.75 Å². The highest BCUT2D eigenvalue weighted by atomic mass is 32.1. The number of thiazole rings is 1. The van der Waals surface area contributed by atoms with Crippen LogP contribution in [0.5, 0.6) is 5.75 Å². The van der Waals surface area contributed by atoms with E-state index in [1.807, 2.05) is 43.3 Å². The Hall–Kier alpha value is -3.30. The summed E-state index contributed by atoms with van der Waals surface area (Å²) in [5.74, 6) is 0.352. The highest BCUT2D eigenvalue weighted by Gasteiger charge is 2.20. The zero-order chi connectivity index (χ0) is 21.1. The second kappa shape index (κ2) is 8.60. The number of aryl methyl sites for hydroxylation is 2. The molecular formula is C21H21N5O3S. The van der Waals surface area contributed by atoms with Crippen LogP contribution in [0.4, 0.5) is 5.13 Å². The van der Waals surface area contributed by atoms with Gasteiger partial charge in [-0.25, -0.2) is 14.5 Å². The monoisotopic (exact) mass is 423 g/mol. The van der Waals surface area contributed by atoms with E-state index < -0.39 is 0 Å². The lowest BCUT2D eigenvalue weighted by Gasteiger charge is -2.11. The number of hydrogen-bond donors (Lipinski definition) is 2. The summed E-state index contributed by atoms with van der Waals surface area (Å²) in [4.78, 5) is 22.6. The Morgan fingerprint density at radius 3 is 2.83 bits per heavy atom. The molecule has 0 aliphatic carbocycles. The maximum atomic E-state index is 12.9. The fourth-order valence-electron chi connectivity index (χ4n) is 3.07. The number of aromatic nitrogens is 4. The minimum atomic E-state index is -0.313. The number of amides is 1. The zero-order valence-corrected chi connectivity index (χ0v) is 17.4. The predicted molar refractivity (Wildman–Crippen MR) is 115 cm³/mol. The van der Waals surface area contributed by atoms with Crippen molar-refractivity contribution in [1.29, 1.82) is 0 Å². The van der Waals surface area contributed by atoms with E-state index in [0.717, 1.165) is 10.4 Å². The number of carbonyl (C=O) groups excluding carboxylic acids is 1. The van der Waals surface area contributed by atoms with Crippen LogP contribution in [0.15, 0.2) is 42.6 Å². The van der Waals surface area contributed by atoms with Gasteiger partial charge >= 0.3 is 0 Å².